The molecule has 0 radical (unpaired) electrons. The van der Waals surface area contributed by atoms with Crippen LogP contribution in [0.2, 0.25) is 0 Å². The Kier molecular flexibility index (Phi) is 4.97. The van der Waals surface area contributed by atoms with Crippen LogP contribution >= 0.6 is 0 Å². The van der Waals surface area contributed by atoms with E-state index in [0.29, 0.717) is 24.8 Å². The number of nitrogens with zero attached hydrogens (tertiary/aromatic N) is 1. The van der Waals surface area contributed by atoms with Gasteiger partial charge in [-0.25, -0.2) is 9.59 Å². The summed E-state index contributed by atoms with van der Waals surface area (Å²) in [6.45, 7) is 0.724. The highest BCUT2D eigenvalue weighted by molar-refractivity contribution is 5.81. The molecule has 156 valence electrons. The summed E-state index contributed by atoms with van der Waals surface area (Å²) in [5, 5.41) is 9.74. The van der Waals surface area contributed by atoms with Crippen LogP contribution in [0.5, 0.6) is 0 Å². The number of carboxylic acid groups (broad SMARTS) is 1. The number of carbonyl (C=O) groups is 2. The van der Waals surface area contributed by atoms with Crippen molar-refractivity contribution in [1.29, 1.82) is 0 Å². The number of amides is 1. The molecule has 3 aliphatic rings. The summed E-state index contributed by atoms with van der Waals surface area (Å²) in [5.74, 6) is -0.128. The Morgan fingerprint density at radius 2 is 1.53 bits per heavy atom. The maximum Gasteiger partial charge on any atom is 0.410 e. The molecule has 1 heterocycles. The van der Waals surface area contributed by atoms with Gasteiger partial charge in [-0.15, -0.1) is 0 Å². The number of benzene rings is 2. The summed E-state index contributed by atoms with van der Waals surface area (Å²) < 4.78 is 5.76. The van der Waals surface area contributed by atoms with E-state index < -0.39 is 18.1 Å². The van der Waals surface area contributed by atoms with Crippen molar-refractivity contribution in [2.45, 2.75) is 44.1 Å². The number of rotatable bonds is 3. The third kappa shape index (κ3) is 3.26. The molecule has 3 atom stereocenters. The summed E-state index contributed by atoms with van der Waals surface area (Å²) in [7, 11) is 0. The lowest BCUT2D eigenvalue weighted by Crippen LogP contribution is -2.54. The van der Waals surface area contributed by atoms with Crippen LogP contribution < -0.4 is 0 Å². The van der Waals surface area contributed by atoms with Crippen LogP contribution in [0.1, 0.15) is 49.1 Å². The predicted molar refractivity (Wildman–Crippen MR) is 113 cm³/mol. The van der Waals surface area contributed by atoms with Gasteiger partial charge in [-0.2, -0.15) is 0 Å². The molecule has 1 aliphatic heterocycles. The van der Waals surface area contributed by atoms with Gasteiger partial charge < -0.3 is 9.84 Å². The van der Waals surface area contributed by atoms with Crippen molar-refractivity contribution in [2.75, 3.05) is 13.2 Å². The number of ether oxygens (including phenoxy) is 1. The van der Waals surface area contributed by atoms with Crippen molar-refractivity contribution in [3.05, 3.63) is 59.7 Å². The normalized spacial score (nSPS) is 25.2. The molecule has 1 saturated carbocycles. The number of likely N-dealkylation sites (tertiary alicyclic amines) is 1. The lowest BCUT2D eigenvalue weighted by molar-refractivity contribution is -0.146. The highest BCUT2D eigenvalue weighted by Crippen LogP contribution is 2.45. The monoisotopic (exact) mass is 405 g/mol. The second-order valence-electron chi connectivity index (χ2n) is 8.85. The van der Waals surface area contributed by atoms with Gasteiger partial charge in [0, 0.05) is 12.5 Å². The van der Waals surface area contributed by atoms with E-state index in [4.69, 9.17) is 4.74 Å². The van der Waals surface area contributed by atoms with Gasteiger partial charge in [-0.1, -0.05) is 67.8 Å². The Bertz CT molecular complexity index is 926. The minimum absolute atomic E-state index is 0.0168. The number of carboxylic acids is 1. The second kappa shape index (κ2) is 7.78. The summed E-state index contributed by atoms with van der Waals surface area (Å²) in [5.41, 5.74) is 4.68. The average molecular weight is 405 g/mol. The van der Waals surface area contributed by atoms with E-state index in [1.807, 2.05) is 24.3 Å². The van der Waals surface area contributed by atoms with Crippen LogP contribution in [-0.4, -0.2) is 41.3 Å². The predicted octanol–water partition coefficient (Wildman–Crippen LogP) is 4.90. The first-order chi connectivity index (χ1) is 14.6. The minimum Gasteiger partial charge on any atom is -0.480 e. The Labute approximate surface area is 176 Å². The Morgan fingerprint density at radius 3 is 2.17 bits per heavy atom. The van der Waals surface area contributed by atoms with E-state index in [1.165, 1.54) is 22.4 Å². The molecule has 2 aromatic carbocycles. The molecule has 0 spiro atoms. The first kappa shape index (κ1) is 19.2. The van der Waals surface area contributed by atoms with Gasteiger partial charge in [0.25, 0.3) is 0 Å². The number of hydrogen-bond acceptors (Lipinski definition) is 3. The van der Waals surface area contributed by atoms with Crippen LogP contribution in [0.15, 0.2) is 48.5 Å². The third-order valence-corrected chi connectivity index (χ3v) is 7.26. The smallest absolute Gasteiger partial charge is 0.410 e. The highest BCUT2D eigenvalue weighted by atomic mass is 16.6. The van der Waals surface area contributed by atoms with Gasteiger partial charge in [0.15, 0.2) is 0 Å². The topological polar surface area (TPSA) is 66.8 Å². The summed E-state index contributed by atoms with van der Waals surface area (Å²) in [6.07, 6.45) is 4.53. The molecule has 30 heavy (non-hydrogen) atoms. The molecule has 2 aliphatic carbocycles. The fourth-order valence-corrected chi connectivity index (χ4v) is 5.74. The lowest BCUT2D eigenvalue weighted by Gasteiger charge is -2.44. The van der Waals surface area contributed by atoms with Crippen molar-refractivity contribution >= 4 is 12.1 Å². The van der Waals surface area contributed by atoms with Crippen LogP contribution in [-0.2, 0) is 9.53 Å². The number of carbonyl (C=O) groups excluding carboxylic acids is 1. The van der Waals surface area contributed by atoms with E-state index in [2.05, 4.69) is 24.3 Å². The van der Waals surface area contributed by atoms with E-state index in [0.717, 1.165) is 30.4 Å². The van der Waals surface area contributed by atoms with Crippen molar-refractivity contribution in [2.24, 2.45) is 11.8 Å². The van der Waals surface area contributed by atoms with Crippen LogP contribution in [0, 0.1) is 11.8 Å². The molecule has 1 N–H and O–H groups in total. The standard InChI is InChI=1S/C25H27NO4/c27-24(28)23-13-16-7-1-2-8-17(16)14-26(23)25(29)30-15-22-20-11-5-3-9-18(20)19-10-4-6-12-21(19)22/h3-6,9-12,16-17,22-23H,1-2,7-8,13-15H2,(H,27,28)/t16-,17+,23+/m1/s1. The molecule has 0 bridgehead atoms. The SMILES string of the molecule is O=C(O)[C@@H]1C[C@H]2CCCC[C@H]2CN1C(=O)OCC1c2ccccc2-c2ccccc21. The molecule has 2 fully saturated rings. The van der Waals surface area contributed by atoms with Gasteiger partial charge in [0.1, 0.15) is 12.6 Å². The van der Waals surface area contributed by atoms with Gasteiger partial charge in [0.05, 0.1) is 0 Å². The zero-order valence-corrected chi connectivity index (χ0v) is 17.0. The second-order valence-corrected chi connectivity index (χ2v) is 8.85. The molecule has 2 aromatic rings. The molecular weight excluding hydrogens is 378 g/mol. The quantitative estimate of drug-likeness (QED) is 0.789. The van der Waals surface area contributed by atoms with Crippen LogP contribution in [0.3, 0.4) is 0 Å². The third-order valence-electron chi connectivity index (χ3n) is 7.26. The number of piperidine rings is 1. The molecular formula is C25H27NO4. The Morgan fingerprint density at radius 1 is 0.933 bits per heavy atom. The number of aliphatic carboxylic acids is 1. The largest absolute Gasteiger partial charge is 0.480 e. The zero-order valence-electron chi connectivity index (χ0n) is 17.0. The maximum absolute atomic E-state index is 13.0. The van der Waals surface area contributed by atoms with E-state index in [1.54, 1.807) is 0 Å². The van der Waals surface area contributed by atoms with Crippen molar-refractivity contribution in [3.8, 4) is 11.1 Å². The molecule has 5 rings (SSSR count). The first-order valence-corrected chi connectivity index (χ1v) is 11.0. The van der Waals surface area contributed by atoms with Crippen molar-refractivity contribution < 1.29 is 19.4 Å². The van der Waals surface area contributed by atoms with E-state index in [-0.39, 0.29) is 12.5 Å². The highest BCUT2D eigenvalue weighted by Gasteiger charge is 2.43. The summed E-state index contributed by atoms with van der Waals surface area (Å²) in [4.78, 5) is 26.4. The fraction of sp³-hybridized carbons (Fsp3) is 0.440. The molecule has 5 heteroatoms. The molecule has 1 amide bonds. The van der Waals surface area contributed by atoms with E-state index in [9.17, 15) is 14.7 Å². The maximum atomic E-state index is 13.0. The van der Waals surface area contributed by atoms with Crippen LogP contribution in [0.4, 0.5) is 4.79 Å². The van der Waals surface area contributed by atoms with Crippen molar-refractivity contribution in [3.63, 3.8) is 0 Å². The fourth-order valence-electron chi connectivity index (χ4n) is 5.74. The Balaban J connectivity index is 1.34. The molecule has 1 saturated heterocycles. The zero-order chi connectivity index (χ0) is 20.7. The molecule has 5 nitrogen and oxygen atoms in total. The number of fused-ring (bicyclic) bond motifs is 4. The van der Waals surface area contributed by atoms with Gasteiger partial charge >= 0.3 is 12.1 Å². The van der Waals surface area contributed by atoms with Gasteiger partial charge in [-0.3, -0.25) is 4.90 Å². The molecule has 0 unspecified atom stereocenters. The summed E-state index contributed by atoms with van der Waals surface area (Å²) in [6, 6.07) is 15.7. The molecule has 0 aromatic heterocycles. The lowest BCUT2D eigenvalue weighted by atomic mass is 9.73. The van der Waals surface area contributed by atoms with Crippen LogP contribution in [0.25, 0.3) is 11.1 Å². The summed E-state index contributed by atoms with van der Waals surface area (Å²) >= 11 is 0. The Hall–Kier alpha value is -2.82. The minimum atomic E-state index is -0.924. The van der Waals surface area contributed by atoms with E-state index >= 15 is 0 Å². The van der Waals surface area contributed by atoms with Crippen molar-refractivity contribution in [1.82, 2.24) is 4.90 Å². The van der Waals surface area contributed by atoms with Gasteiger partial charge in [-0.05, 0) is 46.9 Å². The average Bonchev–Trinajstić information content (AvgIpc) is 3.10. The van der Waals surface area contributed by atoms with Gasteiger partial charge in [0.2, 0.25) is 0 Å². The number of hydrogen-bond donors (Lipinski definition) is 1. The first-order valence-electron chi connectivity index (χ1n) is 11.0.